The summed E-state index contributed by atoms with van der Waals surface area (Å²) in [4.78, 5) is 23.0. The minimum absolute atomic E-state index is 0.162. The van der Waals surface area contributed by atoms with Crippen LogP contribution >= 0.6 is 11.6 Å². The summed E-state index contributed by atoms with van der Waals surface area (Å²) in [5, 5.41) is 7.36. The second-order valence-electron chi connectivity index (χ2n) is 4.90. The van der Waals surface area contributed by atoms with Crippen LogP contribution < -0.4 is 10.7 Å². The molecule has 2 amide bonds. The Balaban J connectivity index is 2.02. The Hall–Kier alpha value is -2.66. The second kappa shape index (κ2) is 7.56. The van der Waals surface area contributed by atoms with Crippen molar-refractivity contribution in [2.45, 2.75) is 13.8 Å². The van der Waals surface area contributed by atoms with Gasteiger partial charge >= 0.3 is 0 Å². The van der Waals surface area contributed by atoms with Crippen LogP contribution in [-0.2, 0) is 4.79 Å². The average molecular weight is 330 g/mol. The molecule has 2 rings (SSSR count). The molecule has 0 heterocycles. The summed E-state index contributed by atoms with van der Waals surface area (Å²) < 4.78 is 0. The quantitative estimate of drug-likeness (QED) is 0.666. The van der Waals surface area contributed by atoms with Crippen molar-refractivity contribution in [1.29, 1.82) is 0 Å². The van der Waals surface area contributed by atoms with Crippen LogP contribution in [0.3, 0.4) is 0 Å². The fourth-order valence-corrected chi connectivity index (χ4v) is 1.99. The molecule has 2 aromatic rings. The lowest BCUT2D eigenvalue weighted by Crippen LogP contribution is -2.19. The zero-order valence-electron chi connectivity index (χ0n) is 12.8. The van der Waals surface area contributed by atoms with Gasteiger partial charge in [0, 0.05) is 23.2 Å². The SMILES string of the molecule is CC(=O)Nc1ccc(C(=O)N/N=C(/C)c2ccc(Cl)cc2)cc1. The molecule has 0 bridgehead atoms. The molecule has 0 saturated heterocycles. The maximum absolute atomic E-state index is 12.0. The van der Waals surface area contributed by atoms with Gasteiger partial charge in [-0.2, -0.15) is 5.10 Å². The first-order valence-corrected chi connectivity index (χ1v) is 7.32. The number of hydrogen-bond acceptors (Lipinski definition) is 3. The third-order valence-corrected chi connectivity index (χ3v) is 3.31. The number of benzene rings is 2. The summed E-state index contributed by atoms with van der Waals surface area (Å²) in [6.45, 7) is 3.22. The zero-order chi connectivity index (χ0) is 16.8. The first-order valence-electron chi connectivity index (χ1n) is 6.94. The van der Waals surface area contributed by atoms with Crippen molar-refractivity contribution in [3.63, 3.8) is 0 Å². The Morgan fingerprint density at radius 3 is 2.04 bits per heavy atom. The van der Waals surface area contributed by atoms with Gasteiger partial charge in [0.15, 0.2) is 0 Å². The van der Waals surface area contributed by atoms with E-state index in [0.717, 1.165) is 5.56 Å². The number of halogens is 1. The van der Waals surface area contributed by atoms with Crippen molar-refractivity contribution in [2.24, 2.45) is 5.10 Å². The Morgan fingerprint density at radius 2 is 1.48 bits per heavy atom. The van der Waals surface area contributed by atoms with Crippen LogP contribution in [0.25, 0.3) is 0 Å². The Labute approximate surface area is 139 Å². The molecule has 0 atom stereocenters. The van der Waals surface area contributed by atoms with E-state index in [1.54, 1.807) is 43.3 Å². The fourth-order valence-electron chi connectivity index (χ4n) is 1.86. The molecule has 0 fully saturated rings. The van der Waals surface area contributed by atoms with Crippen molar-refractivity contribution >= 4 is 34.8 Å². The fraction of sp³-hybridized carbons (Fsp3) is 0.118. The maximum Gasteiger partial charge on any atom is 0.271 e. The molecule has 118 valence electrons. The summed E-state index contributed by atoms with van der Waals surface area (Å²) in [6, 6.07) is 13.7. The highest BCUT2D eigenvalue weighted by molar-refractivity contribution is 6.30. The Bertz CT molecular complexity index is 737. The number of nitrogens with one attached hydrogen (secondary N) is 2. The number of amides is 2. The smallest absolute Gasteiger partial charge is 0.271 e. The van der Waals surface area contributed by atoms with Crippen molar-refractivity contribution < 1.29 is 9.59 Å². The van der Waals surface area contributed by atoms with E-state index in [9.17, 15) is 9.59 Å². The van der Waals surface area contributed by atoms with Crippen molar-refractivity contribution in [3.8, 4) is 0 Å². The summed E-state index contributed by atoms with van der Waals surface area (Å²) in [5.74, 6) is -0.488. The Morgan fingerprint density at radius 1 is 0.913 bits per heavy atom. The molecule has 0 spiro atoms. The van der Waals surface area contributed by atoms with Crippen LogP contribution in [0.15, 0.2) is 53.6 Å². The molecule has 6 heteroatoms. The lowest BCUT2D eigenvalue weighted by molar-refractivity contribution is -0.114. The van der Waals surface area contributed by atoms with Crippen molar-refractivity contribution in [1.82, 2.24) is 5.43 Å². The van der Waals surface area contributed by atoms with Gasteiger partial charge in [0.05, 0.1) is 5.71 Å². The Kier molecular flexibility index (Phi) is 5.49. The van der Waals surface area contributed by atoms with E-state index >= 15 is 0 Å². The zero-order valence-corrected chi connectivity index (χ0v) is 13.5. The summed E-state index contributed by atoms with van der Waals surface area (Å²) in [7, 11) is 0. The highest BCUT2D eigenvalue weighted by Gasteiger charge is 2.05. The predicted molar refractivity (Wildman–Crippen MR) is 91.9 cm³/mol. The molecule has 0 aliphatic carbocycles. The standard InChI is InChI=1S/C17H16ClN3O2/c1-11(13-3-7-15(18)8-4-13)20-21-17(23)14-5-9-16(10-6-14)19-12(2)22/h3-10H,1-2H3,(H,19,22)(H,21,23)/b20-11-. The molecular formula is C17H16ClN3O2. The molecule has 5 nitrogen and oxygen atoms in total. The number of anilines is 1. The predicted octanol–water partition coefficient (Wildman–Crippen LogP) is 3.45. The molecule has 0 unspecified atom stereocenters. The summed E-state index contributed by atoms with van der Waals surface area (Å²) in [5.41, 5.74) is 5.13. The minimum Gasteiger partial charge on any atom is -0.326 e. The van der Waals surface area contributed by atoms with E-state index in [1.165, 1.54) is 6.92 Å². The molecule has 0 saturated carbocycles. The second-order valence-corrected chi connectivity index (χ2v) is 5.34. The number of carbonyl (C=O) groups is 2. The molecule has 0 radical (unpaired) electrons. The lowest BCUT2D eigenvalue weighted by atomic mass is 10.1. The average Bonchev–Trinajstić information content (AvgIpc) is 2.53. The number of nitrogens with zero attached hydrogens (tertiary/aromatic N) is 1. The molecule has 0 aromatic heterocycles. The molecular weight excluding hydrogens is 314 g/mol. The van der Waals surface area contributed by atoms with Crippen molar-refractivity contribution in [3.05, 3.63) is 64.7 Å². The van der Waals surface area contributed by atoms with Gasteiger partial charge in [0.2, 0.25) is 5.91 Å². The highest BCUT2D eigenvalue weighted by atomic mass is 35.5. The van der Waals surface area contributed by atoms with Crippen LogP contribution in [0.2, 0.25) is 5.02 Å². The van der Waals surface area contributed by atoms with Gasteiger partial charge in [-0.15, -0.1) is 0 Å². The van der Waals surface area contributed by atoms with E-state index in [1.807, 2.05) is 12.1 Å². The first kappa shape index (κ1) is 16.7. The van der Waals surface area contributed by atoms with Gasteiger partial charge in [0.25, 0.3) is 5.91 Å². The molecule has 0 aliphatic rings. The van der Waals surface area contributed by atoms with E-state index < -0.39 is 0 Å². The van der Waals surface area contributed by atoms with Crippen LogP contribution in [0.5, 0.6) is 0 Å². The lowest BCUT2D eigenvalue weighted by Gasteiger charge is -2.05. The third-order valence-electron chi connectivity index (χ3n) is 3.05. The topological polar surface area (TPSA) is 70.6 Å². The van der Waals surface area contributed by atoms with Crippen LogP contribution in [0.4, 0.5) is 5.69 Å². The maximum atomic E-state index is 12.0. The molecule has 2 N–H and O–H groups in total. The summed E-state index contributed by atoms with van der Waals surface area (Å²) in [6.07, 6.45) is 0. The first-order chi connectivity index (χ1) is 11.0. The van der Waals surface area contributed by atoms with E-state index in [2.05, 4.69) is 15.8 Å². The van der Waals surface area contributed by atoms with Crippen LogP contribution in [0, 0.1) is 0 Å². The van der Waals surface area contributed by atoms with Crippen molar-refractivity contribution in [2.75, 3.05) is 5.32 Å². The third kappa shape index (κ3) is 4.93. The monoisotopic (exact) mass is 329 g/mol. The van der Waals surface area contributed by atoms with Crippen LogP contribution in [-0.4, -0.2) is 17.5 Å². The number of hydrazone groups is 1. The molecule has 2 aromatic carbocycles. The van der Waals surface area contributed by atoms with E-state index in [0.29, 0.717) is 22.0 Å². The highest BCUT2D eigenvalue weighted by Crippen LogP contribution is 2.11. The normalized spacial score (nSPS) is 11.0. The van der Waals surface area contributed by atoms with E-state index in [4.69, 9.17) is 11.6 Å². The van der Waals surface area contributed by atoms with Gasteiger partial charge in [-0.05, 0) is 48.9 Å². The van der Waals surface area contributed by atoms with Gasteiger partial charge < -0.3 is 5.32 Å². The van der Waals surface area contributed by atoms with Gasteiger partial charge in [-0.25, -0.2) is 5.43 Å². The largest absolute Gasteiger partial charge is 0.326 e. The number of hydrogen-bond donors (Lipinski definition) is 2. The summed E-state index contributed by atoms with van der Waals surface area (Å²) >= 11 is 5.83. The number of rotatable bonds is 4. The van der Waals surface area contributed by atoms with Crippen LogP contribution in [0.1, 0.15) is 29.8 Å². The van der Waals surface area contributed by atoms with Gasteiger partial charge in [-0.3, -0.25) is 9.59 Å². The molecule has 0 aliphatic heterocycles. The minimum atomic E-state index is -0.326. The van der Waals surface area contributed by atoms with Gasteiger partial charge in [-0.1, -0.05) is 23.7 Å². The van der Waals surface area contributed by atoms with Gasteiger partial charge in [0.1, 0.15) is 0 Å². The van der Waals surface area contributed by atoms with E-state index in [-0.39, 0.29) is 11.8 Å². The number of carbonyl (C=O) groups excluding carboxylic acids is 2. The molecule has 23 heavy (non-hydrogen) atoms.